The maximum absolute atomic E-state index is 4.44. The predicted octanol–water partition coefficient (Wildman–Crippen LogP) is 3.43. The third kappa shape index (κ3) is 4.00. The van der Waals surface area contributed by atoms with Crippen molar-refractivity contribution < 1.29 is 0 Å². The number of aryl methyl sites for hydroxylation is 1. The van der Waals surface area contributed by atoms with Crippen LogP contribution >= 0.6 is 15.9 Å². The molecule has 0 spiro atoms. The molecule has 0 saturated carbocycles. The molecule has 1 saturated heterocycles. The average molecular weight is 376 g/mol. The van der Waals surface area contributed by atoms with E-state index in [9.17, 15) is 0 Å². The fourth-order valence-corrected chi connectivity index (χ4v) is 3.00. The first-order chi connectivity index (χ1) is 11.2. The Morgan fingerprint density at radius 3 is 2.61 bits per heavy atom. The Kier molecular flexibility index (Phi) is 5.13. The largest absolute Gasteiger partial charge is 0.354 e. The van der Waals surface area contributed by atoms with Gasteiger partial charge in [-0.2, -0.15) is 0 Å². The Labute approximate surface area is 145 Å². The highest BCUT2D eigenvalue weighted by Crippen LogP contribution is 2.23. The fraction of sp³-hybridized carbons (Fsp3) is 0.412. The van der Waals surface area contributed by atoms with Gasteiger partial charge in [-0.05, 0) is 37.2 Å². The highest BCUT2D eigenvalue weighted by atomic mass is 79.9. The van der Waals surface area contributed by atoms with Gasteiger partial charge in [-0.15, -0.1) is 0 Å². The zero-order chi connectivity index (χ0) is 16.2. The molecule has 2 heterocycles. The SMILES string of the molecule is CCN1CCN(c2cc(Nc3ccc(Br)c(C)c3)ncn2)CC1. The van der Waals surface area contributed by atoms with E-state index in [0.717, 1.165) is 54.5 Å². The first-order valence-electron chi connectivity index (χ1n) is 7.98. The number of nitrogens with zero attached hydrogens (tertiary/aromatic N) is 4. The molecule has 5 nitrogen and oxygen atoms in total. The number of benzene rings is 1. The molecule has 0 aliphatic carbocycles. The van der Waals surface area contributed by atoms with Crippen LogP contribution in [0.1, 0.15) is 12.5 Å². The summed E-state index contributed by atoms with van der Waals surface area (Å²) < 4.78 is 1.11. The number of aromatic nitrogens is 2. The van der Waals surface area contributed by atoms with Crippen LogP contribution in [0, 0.1) is 6.92 Å². The van der Waals surface area contributed by atoms with Crippen LogP contribution in [0.3, 0.4) is 0 Å². The highest BCUT2D eigenvalue weighted by Gasteiger charge is 2.17. The second-order valence-electron chi connectivity index (χ2n) is 5.77. The van der Waals surface area contributed by atoms with E-state index in [-0.39, 0.29) is 0 Å². The van der Waals surface area contributed by atoms with Gasteiger partial charge < -0.3 is 15.1 Å². The third-order valence-corrected chi connectivity index (χ3v) is 5.12. The number of hydrogen-bond acceptors (Lipinski definition) is 5. The van der Waals surface area contributed by atoms with E-state index in [0.29, 0.717) is 0 Å². The molecule has 0 amide bonds. The normalized spacial score (nSPS) is 15.7. The van der Waals surface area contributed by atoms with Crippen molar-refractivity contribution in [2.45, 2.75) is 13.8 Å². The lowest BCUT2D eigenvalue weighted by atomic mass is 10.2. The van der Waals surface area contributed by atoms with Crippen LogP contribution in [0.25, 0.3) is 0 Å². The van der Waals surface area contributed by atoms with E-state index < -0.39 is 0 Å². The van der Waals surface area contributed by atoms with Gasteiger partial charge in [-0.1, -0.05) is 22.9 Å². The van der Waals surface area contributed by atoms with E-state index in [2.05, 4.69) is 60.9 Å². The van der Waals surface area contributed by atoms with E-state index in [1.165, 1.54) is 5.56 Å². The molecule has 1 aromatic carbocycles. The van der Waals surface area contributed by atoms with Gasteiger partial charge in [0.15, 0.2) is 0 Å². The van der Waals surface area contributed by atoms with Crippen molar-refractivity contribution in [3.8, 4) is 0 Å². The number of likely N-dealkylation sites (N-methyl/N-ethyl adjacent to an activating group) is 1. The fourth-order valence-electron chi connectivity index (χ4n) is 2.75. The summed E-state index contributed by atoms with van der Waals surface area (Å²) >= 11 is 3.53. The molecular formula is C17H22BrN5. The summed E-state index contributed by atoms with van der Waals surface area (Å²) in [5, 5.41) is 3.36. The maximum Gasteiger partial charge on any atom is 0.135 e. The van der Waals surface area contributed by atoms with E-state index in [1.54, 1.807) is 6.33 Å². The number of hydrogen-bond donors (Lipinski definition) is 1. The Balaban J connectivity index is 1.71. The predicted molar refractivity (Wildman–Crippen MR) is 98.5 cm³/mol. The van der Waals surface area contributed by atoms with Gasteiger partial charge in [0, 0.05) is 42.4 Å². The molecule has 1 aliphatic heterocycles. The van der Waals surface area contributed by atoms with Crippen LogP contribution < -0.4 is 10.2 Å². The quantitative estimate of drug-likeness (QED) is 0.886. The zero-order valence-electron chi connectivity index (χ0n) is 13.6. The van der Waals surface area contributed by atoms with Crippen molar-refractivity contribution >= 4 is 33.3 Å². The van der Waals surface area contributed by atoms with Crippen LogP contribution in [-0.4, -0.2) is 47.6 Å². The summed E-state index contributed by atoms with van der Waals surface area (Å²) in [5.74, 6) is 1.82. The van der Waals surface area contributed by atoms with Gasteiger partial charge in [0.25, 0.3) is 0 Å². The Morgan fingerprint density at radius 1 is 1.13 bits per heavy atom. The molecule has 1 aromatic heterocycles. The average Bonchev–Trinajstić information content (AvgIpc) is 2.58. The molecule has 0 atom stereocenters. The molecule has 1 N–H and O–H groups in total. The second-order valence-corrected chi connectivity index (χ2v) is 6.63. The first-order valence-corrected chi connectivity index (χ1v) is 8.77. The molecule has 0 unspecified atom stereocenters. The minimum absolute atomic E-state index is 0.828. The molecule has 122 valence electrons. The number of halogens is 1. The molecular weight excluding hydrogens is 354 g/mol. The van der Waals surface area contributed by atoms with Crippen molar-refractivity contribution in [3.63, 3.8) is 0 Å². The summed E-state index contributed by atoms with van der Waals surface area (Å²) in [5.41, 5.74) is 2.23. The van der Waals surface area contributed by atoms with Gasteiger partial charge in [-0.3, -0.25) is 0 Å². The Morgan fingerprint density at radius 2 is 1.91 bits per heavy atom. The molecule has 1 aliphatic rings. The minimum atomic E-state index is 0.828. The van der Waals surface area contributed by atoms with Gasteiger partial charge in [0.1, 0.15) is 18.0 Å². The smallest absolute Gasteiger partial charge is 0.135 e. The molecule has 23 heavy (non-hydrogen) atoms. The van der Waals surface area contributed by atoms with Crippen LogP contribution in [0.4, 0.5) is 17.3 Å². The zero-order valence-corrected chi connectivity index (χ0v) is 15.2. The van der Waals surface area contributed by atoms with E-state index in [4.69, 9.17) is 0 Å². The summed E-state index contributed by atoms with van der Waals surface area (Å²) in [6, 6.07) is 8.22. The van der Waals surface area contributed by atoms with Crippen molar-refractivity contribution in [2.75, 3.05) is 42.9 Å². The topological polar surface area (TPSA) is 44.3 Å². The lowest BCUT2D eigenvalue weighted by molar-refractivity contribution is 0.270. The lowest BCUT2D eigenvalue weighted by Gasteiger charge is -2.34. The number of anilines is 3. The van der Waals surface area contributed by atoms with Crippen LogP contribution in [0.5, 0.6) is 0 Å². The van der Waals surface area contributed by atoms with Crippen molar-refractivity contribution in [1.82, 2.24) is 14.9 Å². The van der Waals surface area contributed by atoms with Crippen LogP contribution in [0.2, 0.25) is 0 Å². The van der Waals surface area contributed by atoms with Gasteiger partial charge in [0.2, 0.25) is 0 Å². The van der Waals surface area contributed by atoms with Gasteiger partial charge in [-0.25, -0.2) is 9.97 Å². The summed E-state index contributed by atoms with van der Waals surface area (Å²) in [6.07, 6.45) is 1.63. The van der Waals surface area contributed by atoms with Gasteiger partial charge in [0.05, 0.1) is 0 Å². The summed E-state index contributed by atoms with van der Waals surface area (Å²) in [4.78, 5) is 13.6. The minimum Gasteiger partial charge on any atom is -0.354 e. The molecule has 0 bridgehead atoms. The molecule has 0 radical (unpaired) electrons. The van der Waals surface area contributed by atoms with Crippen LogP contribution in [0.15, 0.2) is 35.1 Å². The van der Waals surface area contributed by atoms with Crippen LogP contribution in [-0.2, 0) is 0 Å². The summed E-state index contributed by atoms with van der Waals surface area (Å²) in [6.45, 7) is 9.62. The van der Waals surface area contributed by atoms with Crippen molar-refractivity contribution in [2.24, 2.45) is 0 Å². The van der Waals surface area contributed by atoms with Gasteiger partial charge >= 0.3 is 0 Å². The monoisotopic (exact) mass is 375 g/mol. The van der Waals surface area contributed by atoms with E-state index >= 15 is 0 Å². The highest BCUT2D eigenvalue weighted by molar-refractivity contribution is 9.10. The van der Waals surface area contributed by atoms with Crippen molar-refractivity contribution in [3.05, 3.63) is 40.6 Å². The standard InChI is InChI=1S/C17H22BrN5/c1-3-22-6-8-23(9-7-22)17-11-16(19-12-20-17)21-14-4-5-15(18)13(2)10-14/h4-5,10-12H,3,6-9H2,1-2H3,(H,19,20,21). The molecule has 2 aromatic rings. The second kappa shape index (κ2) is 7.27. The summed E-state index contributed by atoms with van der Waals surface area (Å²) in [7, 11) is 0. The molecule has 3 rings (SSSR count). The number of rotatable bonds is 4. The number of nitrogens with one attached hydrogen (secondary N) is 1. The maximum atomic E-state index is 4.44. The molecule has 6 heteroatoms. The third-order valence-electron chi connectivity index (χ3n) is 4.23. The lowest BCUT2D eigenvalue weighted by Crippen LogP contribution is -2.46. The molecule has 1 fully saturated rings. The van der Waals surface area contributed by atoms with E-state index in [1.807, 2.05) is 18.2 Å². The Hall–Kier alpha value is -1.66. The van der Waals surface area contributed by atoms with Crippen molar-refractivity contribution in [1.29, 1.82) is 0 Å². The first kappa shape index (κ1) is 16.2. The Bertz CT molecular complexity index is 668. The number of piperazine rings is 1.